The molecule has 2 heteroatoms. The van der Waals surface area contributed by atoms with E-state index < -0.39 is 19.8 Å². The van der Waals surface area contributed by atoms with Crippen LogP contribution in [-0.4, -0.2) is 23.6 Å². The van der Waals surface area contributed by atoms with Crippen molar-refractivity contribution < 1.29 is 4.79 Å². The van der Waals surface area contributed by atoms with E-state index in [9.17, 15) is 4.79 Å². The summed E-state index contributed by atoms with van der Waals surface area (Å²) in [7, 11) is 0. The Bertz CT molecular complexity index is 241. The summed E-state index contributed by atoms with van der Waals surface area (Å²) in [4.78, 5) is 15.7. The van der Waals surface area contributed by atoms with Gasteiger partial charge in [0, 0.05) is 0 Å². The van der Waals surface area contributed by atoms with Crippen LogP contribution < -0.4 is 0 Å². The fourth-order valence-corrected chi connectivity index (χ4v) is 3.39. The van der Waals surface area contributed by atoms with E-state index in [1.807, 2.05) is 30.3 Å². The van der Waals surface area contributed by atoms with Crippen molar-refractivity contribution >= 4 is 23.6 Å². The molecule has 0 amide bonds. The predicted molar refractivity (Wildman–Crippen MR) is 49.6 cm³/mol. The van der Waals surface area contributed by atoms with E-state index in [2.05, 4.69) is 9.88 Å². The monoisotopic (exact) mass is 256 g/mol. The molecule has 0 aliphatic rings. The molecule has 0 unspecified atom stereocenters. The summed E-state index contributed by atoms with van der Waals surface area (Å²) in [6.07, 6.45) is 0. The Morgan fingerprint density at radius 1 is 1.18 bits per heavy atom. The van der Waals surface area contributed by atoms with Gasteiger partial charge in [-0.1, -0.05) is 0 Å². The summed E-state index contributed by atoms with van der Waals surface area (Å²) >= 11 is -1.76. The molecule has 0 aliphatic heterocycles. The van der Waals surface area contributed by atoms with E-state index in [0.29, 0.717) is 3.80 Å². The van der Waals surface area contributed by atoms with Crippen LogP contribution in [0.3, 0.4) is 0 Å². The number of hydrogen-bond acceptors (Lipinski definition) is 1. The summed E-state index contributed by atoms with van der Waals surface area (Å²) < 4.78 is 0.424. The molecule has 0 N–H and O–H groups in total. The van der Waals surface area contributed by atoms with E-state index in [0.717, 1.165) is 5.56 Å². The summed E-state index contributed by atoms with van der Waals surface area (Å²) in [5, 5.41) is 0. The van der Waals surface area contributed by atoms with E-state index in [1.54, 1.807) is 0 Å². The van der Waals surface area contributed by atoms with Crippen molar-refractivity contribution in [3.63, 3.8) is 0 Å². The second-order valence-electron chi connectivity index (χ2n) is 2.88. The number of benzene rings is 1. The normalized spacial score (nSPS) is 10.1. The van der Waals surface area contributed by atoms with E-state index in [-0.39, 0.29) is 0 Å². The van der Waals surface area contributed by atoms with E-state index in [4.69, 9.17) is 0 Å². The van der Waals surface area contributed by atoms with Crippen molar-refractivity contribution in [1.82, 2.24) is 0 Å². The maximum absolute atomic E-state index is 11.4. The van der Waals surface area contributed by atoms with Crippen LogP contribution in [0.1, 0.15) is 10.4 Å². The molecule has 1 aromatic rings. The van der Waals surface area contributed by atoms with Gasteiger partial charge in [0.15, 0.2) is 0 Å². The number of hydrogen-bond donors (Lipinski definition) is 0. The van der Waals surface area contributed by atoms with Crippen molar-refractivity contribution in [2.75, 3.05) is 0 Å². The Labute approximate surface area is 74.2 Å². The van der Waals surface area contributed by atoms with Gasteiger partial charge < -0.3 is 0 Å². The second-order valence-corrected chi connectivity index (χ2v) is 11.0. The Morgan fingerprint density at radius 3 is 2.18 bits per heavy atom. The van der Waals surface area contributed by atoms with Gasteiger partial charge in [-0.15, -0.1) is 0 Å². The van der Waals surface area contributed by atoms with Crippen LogP contribution in [0, 0.1) is 0 Å². The van der Waals surface area contributed by atoms with Gasteiger partial charge in [-0.3, -0.25) is 0 Å². The van der Waals surface area contributed by atoms with E-state index >= 15 is 0 Å². The molecule has 0 bridgehead atoms. The molecule has 0 aromatic heterocycles. The molecule has 1 aromatic carbocycles. The van der Waals surface area contributed by atoms with Gasteiger partial charge in [0.25, 0.3) is 0 Å². The summed E-state index contributed by atoms with van der Waals surface area (Å²) in [5.74, 6) is 0. The molecule has 0 atom stereocenters. The summed E-state index contributed by atoms with van der Waals surface area (Å²) in [6, 6.07) is 9.58. The van der Waals surface area contributed by atoms with Crippen LogP contribution in [0.2, 0.25) is 9.88 Å². The molecule has 1 nitrogen and oxygen atoms in total. The molecule has 1 rings (SSSR count). The third-order valence-electron chi connectivity index (χ3n) is 1.58. The van der Waals surface area contributed by atoms with Crippen molar-refractivity contribution in [1.29, 1.82) is 0 Å². The third-order valence-corrected chi connectivity index (χ3v) is 5.53. The Balaban J connectivity index is 2.86. The van der Waals surface area contributed by atoms with Crippen LogP contribution in [0.4, 0.5) is 0 Å². The maximum atomic E-state index is 11.4. The second kappa shape index (κ2) is 3.90. The molecular formula is C9H12OSn. The molecule has 11 heavy (non-hydrogen) atoms. The minimum absolute atomic E-state index is 0.424. The molecule has 58 valence electrons. The zero-order chi connectivity index (χ0) is 8.27. The van der Waals surface area contributed by atoms with Gasteiger partial charge in [-0.2, -0.15) is 0 Å². The van der Waals surface area contributed by atoms with Crippen molar-refractivity contribution in [2.45, 2.75) is 9.88 Å². The van der Waals surface area contributed by atoms with Crippen molar-refractivity contribution in [3.8, 4) is 0 Å². The molecule has 0 fully saturated rings. The van der Waals surface area contributed by atoms with Crippen LogP contribution in [0.5, 0.6) is 0 Å². The first-order chi connectivity index (χ1) is 5.22. The van der Waals surface area contributed by atoms with Gasteiger partial charge >= 0.3 is 74.1 Å². The Kier molecular flexibility index (Phi) is 3.12. The van der Waals surface area contributed by atoms with Gasteiger partial charge in [-0.25, -0.2) is 0 Å². The first-order valence-corrected chi connectivity index (χ1v) is 12.0. The predicted octanol–water partition coefficient (Wildman–Crippen LogP) is 1.90. The van der Waals surface area contributed by atoms with E-state index in [1.165, 1.54) is 0 Å². The molecular weight excluding hydrogens is 243 g/mol. The molecule has 0 saturated heterocycles. The van der Waals surface area contributed by atoms with Crippen molar-refractivity contribution in [2.24, 2.45) is 0 Å². The van der Waals surface area contributed by atoms with Crippen LogP contribution in [-0.2, 0) is 0 Å². The minimum atomic E-state index is -1.76. The van der Waals surface area contributed by atoms with Crippen LogP contribution in [0.15, 0.2) is 30.3 Å². The average Bonchev–Trinajstić information content (AvgIpc) is 2.05. The van der Waals surface area contributed by atoms with Crippen molar-refractivity contribution in [3.05, 3.63) is 35.9 Å². The topological polar surface area (TPSA) is 17.1 Å². The summed E-state index contributed by atoms with van der Waals surface area (Å²) in [5.41, 5.74) is 0.901. The van der Waals surface area contributed by atoms with Gasteiger partial charge in [-0.05, 0) is 0 Å². The number of rotatable bonds is 2. The molecule has 0 aliphatic carbocycles. The standard InChI is InChI=1S/C7H5O.2CH3.Sn.H/c8-6-7-4-2-1-3-5-7;;;;/h1-5H;2*1H3;;. The SMILES string of the molecule is [CH3][SnH]([CH3])[C](=O)c1ccccc1. The Hall–Kier alpha value is -0.311. The van der Waals surface area contributed by atoms with Gasteiger partial charge in [0.05, 0.1) is 0 Å². The van der Waals surface area contributed by atoms with Gasteiger partial charge in [0.1, 0.15) is 0 Å². The Morgan fingerprint density at radius 2 is 1.73 bits per heavy atom. The van der Waals surface area contributed by atoms with Crippen LogP contribution in [0.25, 0.3) is 0 Å². The number of carbonyl (C=O) groups is 1. The third kappa shape index (κ3) is 2.33. The number of carbonyl (C=O) groups excluding carboxylic acids is 1. The molecule has 0 heterocycles. The molecule has 0 saturated carbocycles. The fourth-order valence-electron chi connectivity index (χ4n) is 0.936. The molecule has 0 spiro atoms. The van der Waals surface area contributed by atoms with Crippen LogP contribution >= 0.6 is 0 Å². The zero-order valence-corrected chi connectivity index (χ0v) is 10.2. The average molecular weight is 255 g/mol. The first-order valence-electron chi connectivity index (χ1n) is 3.81. The zero-order valence-electron chi connectivity index (χ0n) is 6.87. The quantitative estimate of drug-likeness (QED) is 0.737. The molecule has 0 radical (unpaired) electrons. The van der Waals surface area contributed by atoms with Gasteiger partial charge in [0.2, 0.25) is 0 Å². The summed E-state index contributed by atoms with van der Waals surface area (Å²) in [6.45, 7) is 0. The fraction of sp³-hybridized carbons (Fsp3) is 0.222. The first kappa shape index (κ1) is 8.78.